The van der Waals surface area contributed by atoms with E-state index in [4.69, 9.17) is 4.74 Å². The van der Waals surface area contributed by atoms with Gasteiger partial charge in [-0.25, -0.2) is 4.39 Å². The fraction of sp³-hybridized carbons (Fsp3) is 0.364. The van der Waals surface area contributed by atoms with E-state index >= 15 is 0 Å². The number of methoxy groups -OCH3 is 1. The number of fused-ring (bicyclic) bond motifs is 2. The molecule has 2 aliphatic heterocycles. The first-order valence-corrected chi connectivity index (χ1v) is 10.3. The quantitative estimate of drug-likeness (QED) is 0.761. The smallest absolute Gasteiger partial charge is 0.268 e. The van der Waals surface area contributed by atoms with Gasteiger partial charge in [-0.05, 0) is 63.2 Å². The molecule has 0 N–H and O–H groups in total. The molecule has 0 aliphatic carbocycles. The van der Waals surface area contributed by atoms with Crippen LogP contribution in [0.5, 0.6) is 5.75 Å². The van der Waals surface area contributed by atoms with Gasteiger partial charge in [0.25, 0.3) is 11.8 Å². The Bertz CT molecular complexity index is 992. The number of nitrogens with zero attached hydrogens (tertiary/aromatic N) is 2. The van der Waals surface area contributed by atoms with Crippen LogP contribution in [0.2, 0.25) is 0 Å². The topological polar surface area (TPSA) is 49.9 Å². The predicted octanol–water partition coefficient (Wildman–Crippen LogP) is 4.02. The van der Waals surface area contributed by atoms with Crippen molar-refractivity contribution in [2.75, 3.05) is 25.1 Å². The van der Waals surface area contributed by atoms with Crippen molar-refractivity contribution in [1.82, 2.24) is 4.90 Å². The molecule has 0 aromatic heterocycles. The van der Waals surface area contributed by atoms with Gasteiger partial charge in [0.2, 0.25) is 0 Å². The Hall–Kier alpha value is -2.54. The van der Waals surface area contributed by atoms with E-state index in [0.717, 1.165) is 0 Å². The summed E-state index contributed by atoms with van der Waals surface area (Å²) in [7, 11) is 1.56. The molecule has 29 heavy (non-hydrogen) atoms. The summed E-state index contributed by atoms with van der Waals surface area (Å²) in [5.74, 6) is -0.227. The number of likely N-dealkylation sites (N-methyl/N-ethyl adjacent to an activating group) is 1. The second kappa shape index (κ2) is 6.76. The summed E-state index contributed by atoms with van der Waals surface area (Å²) in [5, 5.41) is 0. The monoisotopic (exact) mass is 414 g/mol. The molecule has 2 aliphatic rings. The molecule has 2 heterocycles. The third kappa shape index (κ3) is 2.90. The molecule has 1 fully saturated rings. The third-order valence-electron chi connectivity index (χ3n) is 5.39. The van der Waals surface area contributed by atoms with Crippen molar-refractivity contribution in [2.24, 2.45) is 0 Å². The summed E-state index contributed by atoms with van der Waals surface area (Å²) < 4.78 is 19.0. The molecular weight excluding hydrogens is 391 g/mol. The van der Waals surface area contributed by atoms with E-state index < -0.39 is 10.7 Å². The molecule has 2 aromatic rings. The Morgan fingerprint density at radius 2 is 1.90 bits per heavy atom. The SMILES string of the molecule is CCN1C(=O)[C@@]2(SC(C)(C)CN2C(=O)c2ccc(OC)cc2)c2cc(F)ccc21. The van der Waals surface area contributed by atoms with Gasteiger partial charge in [-0.1, -0.05) is 0 Å². The van der Waals surface area contributed by atoms with Crippen molar-refractivity contribution in [3.63, 3.8) is 0 Å². The van der Waals surface area contributed by atoms with Crippen LogP contribution in [0, 0.1) is 5.82 Å². The van der Waals surface area contributed by atoms with Crippen molar-refractivity contribution < 1.29 is 18.7 Å². The van der Waals surface area contributed by atoms with E-state index in [1.807, 2.05) is 20.8 Å². The molecule has 2 amide bonds. The van der Waals surface area contributed by atoms with Gasteiger partial charge in [-0.3, -0.25) is 9.59 Å². The van der Waals surface area contributed by atoms with Gasteiger partial charge in [0.1, 0.15) is 11.6 Å². The highest BCUT2D eigenvalue weighted by atomic mass is 32.2. The number of halogens is 1. The maximum atomic E-state index is 14.2. The molecule has 0 bridgehead atoms. The van der Waals surface area contributed by atoms with E-state index in [-0.39, 0.29) is 16.6 Å². The minimum absolute atomic E-state index is 0.196. The van der Waals surface area contributed by atoms with Crippen molar-refractivity contribution in [3.8, 4) is 5.75 Å². The number of amides is 2. The molecule has 4 rings (SSSR count). The molecule has 2 aromatic carbocycles. The average molecular weight is 415 g/mol. The molecule has 0 radical (unpaired) electrons. The lowest BCUT2D eigenvalue weighted by Crippen LogP contribution is -2.50. The van der Waals surface area contributed by atoms with Crippen LogP contribution >= 0.6 is 11.8 Å². The fourth-order valence-electron chi connectivity index (χ4n) is 4.18. The maximum Gasteiger partial charge on any atom is 0.268 e. The number of anilines is 1. The second-order valence-corrected chi connectivity index (χ2v) is 9.74. The third-order valence-corrected chi connectivity index (χ3v) is 6.98. The van der Waals surface area contributed by atoms with Crippen molar-refractivity contribution in [3.05, 3.63) is 59.4 Å². The molecule has 7 heteroatoms. The summed E-state index contributed by atoms with van der Waals surface area (Å²) in [5.41, 5.74) is 1.67. The summed E-state index contributed by atoms with van der Waals surface area (Å²) in [6, 6.07) is 11.2. The second-order valence-electron chi connectivity index (χ2n) is 7.84. The van der Waals surface area contributed by atoms with Gasteiger partial charge in [0.15, 0.2) is 4.87 Å². The normalized spacial score (nSPS) is 22.3. The maximum absolute atomic E-state index is 14.2. The van der Waals surface area contributed by atoms with E-state index in [1.165, 1.54) is 23.9 Å². The molecule has 5 nitrogen and oxygen atoms in total. The van der Waals surface area contributed by atoms with Gasteiger partial charge >= 0.3 is 0 Å². The number of hydrogen-bond acceptors (Lipinski definition) is 4. The molecule has 1 saturated heterocycles. The lowest BCUT2D eigenvalue weighted by atomic mass is 10.0. The molecule has 0 unspecified atom stereocenters. The van der Waals surface area contributed by atoms with Gasteiger partial charge in [0.05, 0.1) is 12.8 Å². The van der Waals surface area contributed by atoms with Gasteiger partial charge in [-0.2, -0.15) is 0 Å². The Morgan fingerprint density at radius 1 is 1.21 bits per heavy atom. The molecule has 152 valence electrons. The Labute approximate surface area is 173 Å². The van der Waals surface area contributed by atoms with E-state index in [9.17, 15) is 14.0 Å². The summed E-state index contributed by atoms with van der Waals surface area (Å²) in [6.07, 6.45) is 0. The summed E-state index contributed by atoms with van der Waals surface area (Å²) >= 11 is 1.42. The van der Waals surface area contributed by atoms with E-state index in [2.05, 4.69) is 0 Å². The summed E-state index contributed by atoms with van der Waals surface area (Å²) in [4.78, 5) is 29.1. The Kier molecular flexibility index (Phi) is 4.61. The van der Waals surface area contributed by atoms with E-state index in [1.54, 1.807) is 47.2 Å². The molecule has 1 spiro atoms. The van der Waals surface area contributed by atoms with Crippen LogP contribution in [0.1, 0.15) is 36.7 Å². The number of rotatable bonds is 3. The van der Waals surface area contributed by atoms with Crippen LogP contribution in [0.3, 0.4) is 0 Å². The molecular formula is C22H23FN2O3S. The van der Waals surface area contributed by atoms with Gasteiger partial charge in [-0.15, -0.1) is 11.8 Å². The van der Waals surface area contributed by atoms with Crippen LogP contribution in [-0.2, 0) is 9.67 Å². The van der Waals surface area contributed by atoms with Crippen molar-refractivity contribution >= 4 is 29.3 Å². The Balaban J connectivity index is 1.87. The molecule has 0 saturated carbocycles. The number of benzene rings is 2. The lowest BCUT2D eigenvalue weighted by Gasteiger charge is -2.33. The van der Waals surface area contributed by atoms with Crippen LogP contribution in [0.25, 0.3) is 0 Å². The minimum Gasteiger partial charge on any atom is -0.497 e. The number of hydrogen-bond donors (Lipinski definition) is 0. The summed E-state index contributed by atoms with van der Waals surface area (Å²) in [6.45, 7) is 6.71. The van der Waals surface area contributed by atoms with E-state index in [0.29, 0.717) is 35.7 Å². The predicted molar refractivity (Wildman–Crippen MR) is 112 cm³/mol. The van der Waals surface area contributed by atoms with Crippen LogP contribution in [0.15, 0.2) is 42.5 Å². The standard InChI is InChI=1S/C22H23FN2O3S/c1-5-24-18-11-8-15(23)12-17(18)22(20(24)27)25(13-21(2,3)29-22)19(26)14-6-9-16(28-4)10-7-14/h6-12H,5,13H2,1-4H3/t22-/m0/s1. The highest BCUT2D eigenvalue weighted by Crippen LogP contribution is 2.59. The highest BCUT2D eigenvalue weighted by molar-refractivity contribution is 8.02. The number of ether oxygens (including phenoxy) is 1. The lowest BCUT2D eigenvalue weighted by molar-refractivity contribution is -0.123. The van der Waals surface area contributed by atoms with Gasteiger partial charge < -0.3 is 14.5 Å². The number of carbonyl (C=O) groups is 2. The highest BCUT2D eigenvalue weighted by Gasteiger charge is 2.63. The number of carbonyl (C=O) groups excluding carboxylic acids is 2. The minimum atomic E-state index is -1.27. The first-order valence-electron chi connectivity index (χ1n) is 9.51. The largest absolute Gasteiger partial charge is 0.497 e. The molecule has 1 atom stereocenters. The van der Waals surface area contributed by atoms with Crippen LogP contribution in [-0.4, -0.2) is 41.7 Å². The van der Waals surface area contributed by atoms with Gasteiger partial charge in [0, 0.05) is 29.0 Å². The van der Waals surface area contributed by atoms with Crippen molar-refractivity contribution in [1.29, 1.82) is 0 Å². The van der Waals surface area contributed by atoms with Crippen LogP contribution < -0.4 is 9.64 Å². The fourth-order valence-corrected chi connectivity index (χ4v) is 5.90. The first-order chi connectivity index (χ1) is 13.7. The van der Waals surface area contributed by atoms with Crippen molar-refractivity contribution in [2.45, 2.75) is 30.4 Å². The number of thioether (sulfide) groups is 1. The average Bonchev–Trinajstić information content (AvgIpc) is 3.12. The first kappa shape index (κ1) is 19.8. The Morgan fingerprint density at radius 3 is 2.52 bits per heavy atom. The zero-order valence-electron chi connectivity index (χ0n) is 16.9. The van der Waals surface area contributed by atoms with Crippen LogP contribution in [0.4, 0.5) is 10.1 Å². The zero-order chi connectivity index (χ0) is 21.0. The zero-order valence-corrected chi connectivity index (χ0v) is 17.7.